The van der Waals surface area contributed by atoms with E-state index in [1.54, 1.807) is 13.0 Å². The molecular weight excluding hydrogens is 461 g/mol. The number of halogens is 1. The van der Waals surface area contributed by atoms with Gasteiger partial charge in [-0.05, 0) is 56.7 Å². The van der Waals surface area contributed by atoms with Gasteiger partial charge in [-0.3, -0.25) is 9.69 Å². The van der Waals surface area contributed by atoms with Gasteiger partial charge in [0.25, 0.3) is 0 Å². The molecule has 3 aliphatic heterocycles. The van der Waals surface area contributed by atoms with Crippen LogP contribution in [0.5, 0.6) is 0 Å². The quantitative estimate of drug-likeness (QED) is 0.655. The number of imidazole rings is 1. The van der Waals surface area contributed by atoms with Crippen LogP contribution in [0.3, 0.4) is 0 Å². The largest absolute Gasteiger partial charge is 0.453 e. The molecule has 5 rings (SSSR count). The van der Waals surface area contributed by atoms with Crippen molar-refractivity contribution in [1.82, 2.24) is 24.7 Å². The van der Waals surface area contributed by atoms with Gasteiger partial charge in [-0.2, -0.15) is 0 Å². The summed E-state index contributed by atoms with van der Waals surface area (Å²) < 4.78 is 21.2. The molecule has 1 aromatic heterocycles. The Bertz CT molecular complexity index is 1120. The number of benzene rings is 1. The normalized spacial score (nSPS) is 24.3. The first kappa shape index (κ1) is 24.7. The highest BCUT2D eigenvalue weighted by molar-refractivity contribution is 5.73. The molecule has 9 heteroatoms. The lowest BCUT2D eigenvalue weighted by Crippen LogP contribution is -2.45. The number of aromatic nitrogens is 2. The molecule has 0 aliphatic carbocycles. The first-order chi connectivity index (χ1) is 17.3. The molecule has 4 heterocycles. The minimum Gasteiger partial charge on any atom is -0.453 e. The summed E-state index contributed by atoms with van der Waals surface area (Å²) in [5.41, 5.74) is 3.11. The first-order valence-corrected chi connectivity index (χ1v) is 13.0. The Hall–Kier alpha value is -2.94. The number of fused-ring (bicyclic) bond motifs is 3. The lowest BCUT2D eigenvalue weighted by Gasteiger charge is -2.41. The lowest BCUT2D eigenvalue weighted by atomic mass is 9.95. The molecule has 2 unspecified atom stereocenters. The zero-order valence-electron chi connectivity index (χ0n) is 21.4. The third kappa shape index (κ3) is 4.85. The number of hydrogen-bond donors (Lipinski definition) is 1. The number of nitrogens with one attached hydrogen (secondary N) is 1. The maximum absolute atomic E-state index is 13.9. The number of hydrogen-bond acceptors (Lipinski definition) is 5. The van der Waals surface area contributed by atoms with Gasteiger partial charge in [0.05, 0.1) is 25.4 Å². The van der Waals surface area contributed by atoms with E-state index in [1.807, 2.05) is 11.0 Å². The molecule has 0 spiro atoms. The number of carbonyl (C=O) groups is 2. The van der Waals surface area contributed by atoms with Crippen LogP contribution in [0.2, 0.25) is 0 Å². The predicted octanol–water partition coefficient (Wildman–Crippen LogP) is 3.89. The summed E-state index contributed by atoms with van der Waals surface area (Å²) in [4.78, 5) is 33.2. The molecule has 36 heavy (non-hydrogen) atoms. The van der Waals surface area contributed by atoms with Crippen LogP contribution in [0.4, 0.5) is 9.18 Å². The van der Waals surface area contributed by atoms with Gasteiger partial charge in [-0.25, -0.2) is 14.2 Å². The van der Waals surface area contributed by atoms with Crippen molar-refractivity contribution >= 4 is 12.0 Å². The van der Waals surface area contributed by atoms with E-state index in [2.05, 4.69) is 21.7 Å². The fourth-order valence-corrected chi connectivity index (χ4v) is 6.64. The van der Waals surface area contributed by atoms with Crippen LogP contribution >= 0.6 is 0 Å². The number of rotatable bonds is 6. The van der Waals surface area contributed by atoms with E-state index in [0.29, 0.717) is 31.1 Å². The van der Waals surface area contributed by atoms with Crippen molar-refractivity contribution in [1.29, 1.82) is 0 Å². The maximum atomic E-state index is 13.9. The highest BCUT2D eigenvalue weighted by Crippen LogP contribution is 2.43. The molecule has 0 radical (unpaired) electrons. The van der Waals surface area contributed by atoms with E-state index in [1.165, 1.54) is 37.8 Å². The van der Waals surface area contributed by atoms with Crippen LogP contribution in [0.25, 0.3) is 0 Å². The summed E-state index contributed by atoms with van der Waals surface area (Å²) in [5, 5.41) is 2.89. The Labute approximate surface area is 211 Å². The van der Waals surface area contributed by atoms with Gasteiger partial charge in [0.15, 0.2) is 0 Å². The van der Waals surface area contributed by atoms with E-state index in [9.17, 15) is 14.0 Å². The molecule has 2 aromatic rings. The summed E-state index contributed by atoms with van der Waals surface area (Å²) in [5.74, 6) is 0.852. The second kappa shape index (κ2) is 10.2. The van der Waals surface area contributed by atoms with Crippen LogP contribution in [-0.4, -0.2) is 63.6 Å². The summed E-state index contributed by atoms with van der Waals surface area (Å²) in [6.07, 6.45) is 5.54. The average molecular weight is 498 g/mol. The zero-order chi connectivity index (χ0) is 25.4. The summed E-state index contributed by atoms with van der Waals surface area (Å²) >= 11 is 0. The topological polar surface area (TPSA) is 79.7 Å². The molecular formula is C27H36FN5O3. The number of amides is 2. The Balaban J connectivity index is 1.27. The molecule has 0 saturated carbocycles. The van der Waals surface area contributed by atoms with Crippen molar-refractivity contribution in [3.63, 3.8) is 0 Å². The zero-order valence-corrected chi connectivity index (χ0v) is 21.4. The number of methoxy groups -OCH3 is 1. The first-order valence-electron chi connectivity index (χ1n) is 13.0. The van der Waals surface area contributed by atoms with E-state index in [4.69, 9.17) is 9.72 Å². The smallest absolute Gasteiger partial charge is 0.407 e. The van der Waals surface area contributed by atoms with E-state index in [0.717, 1.165) is 49.4 Å². The van der Waals surface area contributed by atoms with Gasteiger partial charge in [0.2, 0.25) is 5.91 Å². The molecule has 194 valence electrons. The highest BCUT2D eigenvalue weighted by atomic mass is 19.1. The van der Waals surface area contributed by atoms with E-state index in [-0.39, 0.29) is 17.8 Å². The van der Waals surface area contributed by atoms with Crippen LogP contribution < -0.4 is 5.32 Å². The van der Waals surface area contributed by atoms with Gasteiger partial charge in [0.1, 0.15) is 11.6 Å². The summed E-state index contributed by atoms with van der Waals surface area (Å²) in [6, 6.07) is 7.50. The monoisotopic (exact) mass is 497 g/mol. The number of alkyl carbamates (subject to hydrolysis) is 1. The Morgan fingerprint density at radius 3 is 2.64 bits per heavy atom. The SMILES string of the molecule is COC(=O)N[C@@H](CCN1C2CCC1CC(n1c(C)nc3c1CCN(C(C)=O)C3)C2)c1cccc(F)c1. The minimum absolute atomic E-state index is 0.109. The fourth-order valence-electron chi connectivity index (χ4n) is 6.64. The van der Waals surface area contributed by atoms with Crippen molar-refractivity contribution in [3.05, 3.63) is 52.9 Å². The van der Waals surface area contributed by atoms with E-state index >= 15 is 0 Å². The second-order valence-corrected chi connectivity index (χ2v) is 10.4. The van der Waals surface area contributed by atoms with Crippen molar-refractivity contribution in [2.75, 3.05) is 20.2 Å². The number of carbonyl (C=O) groups excluding carboxylic acids is 2. The second-order valence-electron chi connectivity index (χ2n) is 10.4. The Morgan fingerprint density at radius 2 is 1.97 bits per heavy atom. The molecule has 8 nitrogen and oxygen atoms in total. The van der Waals surface area contributed by atoms with Crippen molar-refractivity contribution in [2.45, 2.75) is 83.1 Å². The fraction of sp³-hybridized carbons (Fsp3) is 0.593. The molecule has 2 amide bonds. The van der Waals surface area contributed by atoms with Crippen LogP contribution in [0.1, 0.15) is 73.9 Å². The lowest BCUT2D eigenvalue weighted by molar-refractivity contribution is -0.129. The van der Waals surface area contributed by atoms with Crippen LogP contribution in [0.15, 0.2) is 24.3 Å². The Kier molecular flexibility index (Phi) is 7.01. The van der Waals surface area contributed by atoms with Crippen molar-refractivity contribution < 1.29 is 18.7 Å². The number of ether oxygens (including phenoxy) is 1. The number of nitrogens with zero attached hydrogens (tertiary/aromatic N) is 4. The molecule has 3 atom stereocenters. The predicted molar refractivity (Wildman–Crippen MR) is 133 cm³/mol. The Morgan fingerprint density at radius 1 is 1.22 bits per heavy atom. The van der Waals surface area contributed by atoms with Gasteiger partial charge in [-0.1, -0.05) is 12.1 Å². The summed E-state index contributed by atoms with van der Waals surface area (Å²) in [7, 11) is 1.34. The van der Waals surface area contributed by atoms with Gasteiger partial charge >= 0.3 is 6.09 Å². The average Bonchev–Trinajstić information content (AvgIpc) is 3.31. The van der Waals surface area contributed by atoms with Crippen molar-refractivity contribution in [2.24, 2.45) is 0 Å². The minimum atomic E-state index is -0.505. The van der Waals surface area contributed by atoms with E-state index < -0.39 is 6.09 Å². The molecule has 3 aliphatic rings. The van der Waals surface area contributed by atoms with Crippen molar-refractivity contribution in [3.8, 4) is 0 Å². The number of piperidine rings is 1. The molecule has 2 saturated heterocycles. The van der Waals surface area contributed by atoms with Crippen LogP contribution in [-0.2, 0) is 22.5 Å². The molecule has 2 bridgehead atoms. The van der Waals surface area contributed by atoms with Gasteiger partial charge < -0.3 is 19.5 Å². The maximum Gasteiger partial charge on any atom is 0.407 e. The van der Waals surface area contributed by atoms with Crippen LogP contribution in [0, 0.1) is 12.7 Å². The third-order valence-corrected chi connectivity index (χ3v) is 8.30. The standard InChI is InChI=1S/C27H36FN5O3/c1-17-29-25-16-31(18(2)34)11-10-26(25)33(17)23-14-21-7-8-22(15-23)32(21)12-9-24(30-27(35)36-3)19-5-4-6-20(28)13-19/h4-6,13,21-24H,7-12,14-16H2,1-3H3,(H,30,35)/t21?,22?,23?,24-/m0/s1. The van der Waals surface area contributed by atoms with Gasteiger partial charge in [-0.15, -0.1) is 0 Å². The van der Waals surface area contributed by atoms with Gasteiger partial charge in [0, 0.05) is 50.3 Å². The summed E-state index contributed by atoms with van der Waals surface area (Å²) in [6.45, 7) is 5.92. The number of aryl methyl sites for hydroxylation is 1. The highest BCUT2D eigenvalue weighted by Gasteiger charge is 2.42. The molecule has 2 fully saturated rings. The third-order valence-electron chi connectivity index (χ3n) is 8.30. The molecule has 1 N–H and O–H groups in total. The molecule has 1 aromatic carbocycles.